The molecule has 1 fully saturated rings. The second kappa shape index (κ2) is 9.08. The van der Waals surface area contributed by atoms with Gasteiger partial charge in [0.15, 0.2) is 11.5 Å². The molecule has 1 saturated heterocycles. The lowest BCUT2D eigenvalue weighted by Gasteiger charge is -2.18. The molecule has 0 aliphatic carbocycles. The first-order valence-corrected chi connectivity index (χ1v) is 9.16. The van der Waals surface area contributed by atoms with Gasteiger partial charge in [-0.15, -0.1) is 0 Å². The molecule has 0 aromatic heterocycles. The SMILES string of the molecule is COc1ccc(N2CC(NC(=O)/C=C\c3ccc([N+](=O)[O-])cc3)CC2=O)cc1OC. The summed E-state index contributed by atoms with van der Waals surface area (Å²) in [5.74, 6) is 0.627. The average molecular weight is 411 g/mol. The van der Waals surface area contributed by atoms with Crippen LogP contribution in [0.5, 0.6) is 11.5 Å². The summed E-state index contributed by atoms with van der Waals surface area (Å²) in [6.07, 6.45) is 3.08. The fourth-order valence-corrected chi connectivity index (χ4v) is 3.17. The predicted molar refractivity (Wildman–Crippen MR) is 111 cm³/mol. The number of amides is 2. The first kappa shape index (κ1) is 20.8. The van der Waals surface area contributed by atoms with Crippen molar-refractivity contribution in [2.24, 2.45) is 0 Å². The minimum Gasteiger partial charge on any atom is -0.493 e. The molecule has 1 heterocycles. The first-order valence-electron chi connectivity index (χ1n) is 9.16. The van der Waals surface area contributed by atoms with E-state index in [0.29, 0.717) is 29.3 Å². The van der Waals surface area contributed by atoms with Crippen molar-refractivity contribution < 1.29 is 24.0 Å². The van der Waals surface area contributed by atoms with Gasteiger partial charge in [0.25, 0.3) is 5.69 Å². The monoisotopic (exact) mass is 411 g/mol. The fourth-order valence-electron chi connectivity index (χ4n) is 3.17. The molecule has 1 aliphatic heterocycles. The minimum atomic E-state index is -0.485. The van der Waals surface area contributed by atoms with Gasteiger partial charge in [0.2, 0.25) is 11.8 Å². The summed E-state index contributed by atoms with van der Waals surface area (Å²) in [7, 11) is 3.06. The van der Waals surface area contributed by atoms with Gasteiger partial charge in [0, 0.05) is 42.9 Å². The number of anilines is 1. The highest BCUT2D eigenvalue weighted by Gasteiger charge is 2.31. The van der Waals surface area contributed by atoms with Gasteiger partial charge in [-0.25, -0.2) is 0 Å². The third kappa shape index (κ3) is 4.75. The number of nitrogens with one attached hydrogen (secondary N) is 1. The number of carbonyl (C=O) groups excluding carboxylic acids is 2. The van der Waals surface area contributed by atoms with Crippen molar-refractivity contribution in [2.45, 2.75) is 12.5 Å². The zero-order valence-corrected chi connectivity index (χ0v) is 16.5. The Balaban J connectivity index is 1.61. The van der Waals surface area contributed by atoms with Gasteiger partial charge >= 0.3 is 0 Å². The van der Waals surface area contributed by atoms with E-state index in [4.69, 9.17) is 9.47 Å². The molecule has 0 spiro atoms. The van der Waals surface area contributed by atoms with Gasteiger partial charge in [-0.3, -0.25) is 19.7 Å². The summed E-state index contributed by atoms with van der Waals surface area (Å²) < 4.78 is 10.5. The number of hydrogen-bond acceptors (Lipinski definition) is 6. The molecular weight excluding hydrogens is 390 g/mol. The lowest BCUT2D eigenvalue weighted by molar-refractivity contribution is -0.384. The Morgan fingerprint density at radius 2 is 1.87 bits per heavy atom. The minimum absolute atomic E-state index is 0.0173. The van der Waals surface area contributed by atoms with E-state index in [9.17, 15) is 19.7 Å². The molecule has 1 N–H and O–H groups in total. The molecule has 2 amide bonds. The summed E-state index contributed by atoms with van der Waals surface area (Å²) in [6, 6.07) is 10.7. The lowest BCUT2D eigenvalue weighted by Crippen LogP contribution is -2.36. The molecule has 2 aromatic rings. The molecule has 156 valence electrons. The van der Waals surface area contributed by atoms with Crippen LogP contribution in [-0.4, -0.2) is 43.5 Å². The molecule has 1 aliphatic rings. The number of non-ortho nitro benzene ring substituents is 1. The Morgan fingerprint density at radius 1 is 1.17 bits per heavy atom. The van der Waals surface area contributed by atoms with Gasteiger partial charge in [-0.1, -0.05) is 0 Å². The number of rotatable bonds is 7. The largest absolute Gasteiger partial charge is 0.493 e. The first-order chi connectivity index (χ1) is 14.4. The highest BCUT2D eigenvalue weighted by Crippen LogP contribution is 2.33. The summed E-state index contributed by atoms with van der Waals surface area (Å²) in [5, 5.41) is 13.5. The molecule has 0 saturated carbocycles. The van der Waals surface area contributed by atoms with E-state index in [2.05, 4.69) is 5.32 Å². The van der Waals surface area contributed by atoms with Crippen molar-refractivity contribution in [3.63, 3.8) is 0 Å². The number of methoxy groups -OCH3 is 2. The Labute approximate surface area is 173 Å². The van der Waals surface area contributed by atoms with Crippen LogP contribution < -0.4 is 19.7 Å². The molecule has 0 bridgehead atoms. The quantitative estimate of drug-likeness (QED) is 0.426. The fraction of sp³-hybridized carbons (Fsp3) is 0.238. The molecular formula is C21H21N3O6. The number of nitro benzene ring substituents is 1. The molecule has 0 radical (unpaired) electrons. The summed E-state index contributed by atoms with van der Waals surface area (Å²) >= 11 is 0. The van der Waals surface area contributed by atoms with Gasteiger partial charge in [0.05, 0.1) is 25.2 Å². The number of benzene rings is 2. The number of ether oxygens (including phenoxy) is 2. The Kier molecular flexibility index (Phi) is 6.31. The van der Waals surface area contributed by atoms with Crippen LogP contribution in [-0.2, 0) is 9.59 Å². The van der Waals surface area contributed by atoms with Crippen molar-refractivity contribution in [1.29, 1.82) is 0 Å². The maximum Gasteiger partial charge on any atom is 0.269 e. The van der Waals surface area contributed by atoms with Crippen LogP contribution >= 0.6 is 0 Å². The molecule has 1 unspecified atom stereocenters. The molecule has 3 rings (SSSR count). The van der Waals surface area contributed by atoms with E-state index in [1.54, 1.807) is 41.3 Å². The number of nitrogens with zero attached hydrogens (tertiary/aromatic N) is 2. The zero-order chi connectivity index (χ0) is 21.7. The van der Waals surface area contributed by atoms with Crippen LogP contribution in [0.1, 0.15) is 12.0 Å². The van der Waals surface area contributed by atoms with E-state index in [0.717, 1.165) is 0 Å². The second-order valence-electron chi connectivity index (χ2n) is 6.64. The third-order valence-electron chi connectivity index (χ3n) is 4.68. The number of hydrogen-bond donors (Lipinski definition) is 1. The van der Waals surface area contributed by atoms with Gasteiger partial charge in [-0.05, 0) is 35.9 Å². The normalized spacial score (nSPS) is 16.0. The van der Waals surface area contributed by atoms with Crippen LogP contribution in [0, 0.1) is 10.1 Å². The lowest BCUT2D eigenvalue weighted by atomic mass is 10.2. The van der Waals surface area contributed by atoms with Crippen LogP contribution in [0.4, 0.5) is 11.4 Å². The van der Waals surface area contributed by atoms with Crippen molar-refractivity contribution in [3.8, 4) is 11.5 Å². The zero-order valence-electron chi connectivity index (χ0n) is 16.5. The predicted octanol–water partition coefficient (Wildman–Crippen LogP) is 2.55. The van der Waals surface area contributed by atoms with E-state index in [1.165, 1.54) is 32.4 Å². The maximum absolute atomic E-state index is 12.4. The topological polar surface area (TPSA) is 111 Å². The Morgan fingerprint density at radius 3 is 2.50 bits per heavy atom. The number of carbonyl (C=O) groups is 2. The Hall–Kier alpha value is -3.88. The van der Waals surface area contributed by atoms with Crippen molar-refractivity contribution in [1.82, 2.24) is 5.32 Å². The van der Waals surface area contributed by atoms with Crippen LogP contribution in [0.2, 0.25) is 0 Å². The van der Waals surface area contributed by atoms with Crippen molar-refractivity contribution in [3.05, 3.63) is 64.2 Å². The Bertz CT molecular complexity index is 987. The molecule has 2 aromatic carbocycles. The van der Waals surface area contributed by atoms with Crippen LogP contribution in [0.25, 0.3) is 6.08 Å². The third-order valence-corrected chi connectivity index (χ3v) is 4.68. The van der Waals surface area contributed by atoms with Crippen molar-refractivity contribution in [2.75, 3.05) is 25.7 Å². The van der Waals surface area contributed by atoms with E-state index < -0.39 is 4.92 Å². The maximum atomic E-state index is 12.4. The highest BCUT2D eigenvalue weighted by molar-refractivity contribution is 5.98. The van der Waals surface area contributed by atoms with Gasteiger partial charge in [-0.2, -0.15) is 0 Å². The van der Waals surface area contributed by atoms with Crippen LogP contribution in [0.3, 0.4) is 0 Å². The molecule has 1 atom stereocenters. The van der Waals surface area contributed by atoms with Crippen molar-refractivity contribution >= 4 is 29.3 Å². The number of nitro groups is 1. The van der Waals surface area contributed by atoms with Crippen LogP contribution in [0.15, 0.2) is 48.5 Å². The standard InChI is InChI=1S/C21H21N3O6/c1-29-18-9-8-17(12-19(18)30-2)23-13-15(11-21(23)26)22-20(25)10-5-14-3-6-16(7-4-14)24(27)28/h3-10,12,15H,11,13H2,1-2H3,(H,22,25)/b10-5-. The summed E-state index contributed by atoms with van der Waals surface area (Å²) in [5.41, 5.74) is 1.30. The molecule has 30 heavy (non-hydrogen) atoms. The summed E-state index contributed by atoms with van der Waals surface area (Å²) in [4.78, 5) is 36.4. The van der Waals surface area contributed by atoms with Gasteiger partial charge in [0.1, 0.15) is 0 Å². The summed E-state index contributed by atoms with van der Waals surface area (Å²) in [6.45, 7) is 0.339. The average Bonchev–Trinajstić information content (AvgIpc) is 3.11. The van der Waals surface area contributed by atoms with E-state index in [-0.39, 0.29) is 30.0 Å². The smallest absolute Gasteiger partial charge is 0.269 e. The second-order valence-corrected chi connectivity index (χ2v) is 6.64. The molecule has 9 nitrogen and oxygen atoms in total. The van der Waals surface area contributed by atoms with Gasteiger partial charge < -0.3 is 19.7 Å². The van der Waals surface area contributed by atoms with E-state index in [1.807, 2.05) is 0 Å². The van der Waals surface area contributed by atoms with E-state index >= 15 is 0 Å². The highest BCUT2D eigenvalue weighted by atomic mass is 16.6. The molecule has 9 heteroatoms.